The Kier molecular flexibility index (Phi) is 4.61. The lowest BCUT2D eigenvalue weighted by molar-refractivity contribution is 0.242. The van der Waals surface area contributed by atoms with Crippen LogP contribution in [0.5, 0.6) is 5.75 Å². The zero-order chi connectivity index (χ0) is 13.0. The van der Waals surface area contributed by atoms with Gasteiger partial charge in [-0.2, -0.15) is 0 Å². The van der Waals surface area contributed by atoms with Crippen molar-refractivity contribution in [2.45, 2.75) is 44.9 Å². The molecule has 0 heterocycles. The Hall–Kier alpha value is -1.06. The molecule has 3 heteroatoms. The second kappa shape index (κ2) is 6.21. The van der Waals surface area contributed by atoms with E-state index in [2.05, 4.69) is 34.9 Å². The van der Waals surface area contributed by atoms with Crippen molar-refractivity contribution in [2.24, 2.45) is 0 Å². The van der Waals surface area contributed by atoms with E-state index in [4.69, 9.17) is 4.74 Å². The third kappa shape index (κ3) is 4.00. The molecule has 0 aromatic heterocycles. The van der Waals surface area contributed by atoms with Crippen LogP contribution in [0.4, 0.5) is 0 Å². The van der Waals surface area contributed by atoms with Crippen molar-refractivity contribution in [1.29, 1.82) is 0 Å². The lowest BCUT2D eigenvalue weighted by atomic mass is 10.1. The molecule has 1 fully saturated rings. The van der Waals surface area contributed by atoms with Gasteiger partial charge in [0.15, 0.2) is 0 Å². The number of nitrogens with one attached hydrogen (secondary N) is 2. The maximum absolute atomic E-state index is 5.65. The van der Waals surface area contributed by atoms with E-state index in [1.54, 1.807) is 0 Å². The van der Waals surface area contributed by atoms with E-state index < -0.39 is 0 Å². The van der Waals surface area contributed by atoms with Crippen LogP contribution in [0.3, 0.4) is 0 Å². The van der Waals surface area contributed by atoms with Gasteiger partial charge in [-0.25, -0.2) is 0 Å². The number of likely N-dealkylation sites (N-methyl/N-ethyl adjacent to an activating group) is 1. The van der Waals surface area contributed by atoms with Crippen molar-refractivity contribution < 1.29 is 4.74 Å². The van der Waals surface area contributed by atoms with Crippen LogP contribution in [0.1, 0.15) is 38.3 Å². The van der Waals surface area contributed by atoms with Crippen molar-refractivity contribution in [3.63, 3.8) is 0 Å². The zero-order valence-electron chi connectivity index (χ0n) is 11.6. The van der Waals surface area contributed by atoms with Crippen LogP contribution in [0.15, 0.2) is 24.3 Å². The van der Waals surface area contributed by atoms with Crippen LogP contribution in [0, 0.1) is 0 Å². The summed E-state index contributed by atoms with van der Waals surface area (Å²) in [5.74, 6) is 0.943. The Morgan fingerprint density at radius 1 is 1.22 bits per heavy atom. The fraction of sp³-hybridized carbons (Fsp3) is 0.600. The summed E-state index contributed by atoms with van der Waals surface area (Å²) in [6, 6.07) is 9.53. The van der Waals surface area contributed by atoms with E-state index in [9.17, 15) is 0 Å². The smallest absolute Gasteiger partial charge is 0.119 e. The first kappa shape index (κ1) is 13.4. The molecule has 0 saturated heterocycles. The molecule has 1 saturated carbocycles. The average molecular weight is 248 g/mol. The molecule has 1 aromatic rings. The third-order valence-electron chi connectivity index (χ3n) is 3.19. The second-order valence-corrected chi connectivity index (χ2v) is 5.26. The number of hydrogen-bond acceptors (Lipinski definition) is 3. The molecular weight excluding hydrogens is 224 g/mol. The highest BCUT2D eigenvalue weighted by Gasteiger charge is 2.21. The largest absolute Gasteiger partial charge is 0.491 e. The monoisotopic (exact) mass is 248 g/mol. The van der Waals surface area contributed by atoms with Gasteiger partial charge in [-0.1, -0.05) is 12.1 Å². The zero-order valence-corrected chi connectivity index (χ0v) is 11.6. The lowest BCUT2D eigenvalue weighted by Gasteiger charge is -2.18. The standard InChI is InChI=1S/C15H24N2O/c1-11(2)18-14-8-4-12(5-9-14)15(16-3)10-17-13-6-7-13/h4-5,8-9,11,13,15-17H,6-7,10H2,1-3H3. The summed E-state index contributed by atoms with van der Waals surface area (Å²) in [5.41, 5.74) is 1.31. The molecule has 100 valence electrons. The lowest BCUT2D eigenvalue weighted by Crippen LogP contribution is -2.30. The highest BCUT2D eigenvalue weighted by molar-refractivity contribution is 5.29. The Balaban J connectivity index is 1.92. The van der Waals surface area contributed by atoms with E-state index in [0.717, 1.165) is 18.3 Å². The van der Waals surface area contributed by atoms with Gasteiger partial charge in [-0.3, -0.25) is 0 Å². The van der Waals surface area contributed by atoms with Crippen LogP contribution in [-0.2, 0) is 0 Å². The summed E-state index contributed by atoms with van der Waals surface area (Å²) in [5, 5.41) is 6.92. The van der Waals surface area contributed by atoms with Crippen molar-refractivity contribution in [2.75, 3.05) is 13.6 Å². The first-order chi connectivity index (χ1) is 8.69. The Labute approximate surface area is 110 Å². The molecule has 1 atom stereocenters. The SMILES string of the molecule is CNC(CNC1CC1)c1ccc(OC(C)C)cc1. The average Bonchev–Trinajstić information content (AvgIpc) is 3.15. The van der Waals surface area contributed by atoms with Crippen LogP contribution >= 0.6 is 0 Å². The first-order valence-corrected chi connectivity index (χ1v) is 6.86. The van der Waals surface area contributed by atoms with Gasteiger partial charge in [0, 0.05) is 18.6 Å². The van der Waals surface area contributed by atoms with Crippen molar-refractivity contribution in [1.82, 2.24) is 10.6 Å². The summed E-state index contributed by atoms with van der Waals surface area (Å²) in [4.78, 5) is 0. The van der Waals surface area contributed by atoms with Crippen LogP contribution < -0.4 is 15.4 Å². The predicted molar refractivity (Wildman–Crippen MR) is 75.0 cm³/mol. The van der Waals surface area contributed by atoms with Crippen LogP contribution in [0.2, 0.25) is 0 Å². The van der Waals surface area contributed by atoms with Gasteiger partial charge >= 0.3 is 0 Å². The fourth-order valence-corrected chi connectivity index (χ4v) is 2.01. The Morgan fingerprint density at radius 3 is 2.39 bits per heavy atom. The molecule has 0 aliphatic heterocycles. The molecule has 0 spiro atoms. The fourth-order valence-electron chi connectivity index (χ4n) is 2.01. The number of hydrogen-bond donors (Lipinski definition) is 2. The molecule has 0 amide bonds. The van der Waals surface area contributed by atoms with Crippen molar-refractivity contribution in [3.05, 3.63) is 29.8 Å². The molecule has 2 N–H and O–H groups in total. The molecular formula is C15H24N2O. The molecule has 1 aliphatic rings. The maximum atomic E-state index is 5.65. The van der Waals surface area contributed by atoms with E-state index in [0.29, 0.717) is 6.04 Å². The minimum Gasteiger partial charge on any atom is -0.491 e. The Bertz CT molecular complexity index is 357. The van der Waals surface area contributed by atoms with Gasteiger partial charge in [0.1, 0.15) is 5.75 Å². The topological polar surface area (TPSA) is 33.3 Å². The minimum absolute atomic E-state index is 0.229. The number of rotatable bonds is 7. The summed E-state index contributed by atoms with van der Waals surface area (Å²) < 4.78 is 5.65. The third-order valence-corrected chi connectivity index (χ3v) is 3.19. The van der Waals surface area contributed by atoms with Gasteiger partial charge in [0.25, 0.3) is 0 Å². The van der Waals surface area contributed by atoms with Gasteiger partial charge < -0.3 is 15.4 Å². The molecule has 1 aliphatic carbocycles. The second-order valence-electron chi connectivity index (χ2n) is 5.26. The number of benzene rings is 1. The molecule has 1 aromatic carbocycles. The summed E-state index contributed by atoms with van der Waals surface area (Å²) in [7, 11) is 2.01. The highest BCUT2D eigenvalue weighted by Crippen LogP contribution is 2.21. The van der Waals surface area contributed by atoms with Crippen molar-refractivity contribution in [3.8, 4) is 5.75 Å². The van der Waals surface area contributed by atoms with E-state index in [1.807, 2.05) is 20.9 Å². The van der Waals surface area contributed by atoms with Gasteiger partial charge in [0.05, 0.1) is 6.10 Å². The molecule has 3 nitrogen and oxygen atoms in total. The van der Waals surface area contributed by atoms with Gasteiger partial charge in [-0.15, -0.1) is 0 Å². The van der Waals surface area contributed by atoms with Crippen molar-refractivity contribution >= 4 is 0 Å². The minimum atomic E-state index is 0.229. The van der Waals surface area contributed by atoms with Crippen LogP contribution in [0.25, 0.3) is 0 Å². The highest BCUT2D eigenvalue weighted by atomic mass is 16.5. The quantitative estimate of drug-likeness (QED) is 0.778. The first-order valence-electron chi connectivity index (χ1n) is 6.86. The summed E-state index contributed by atoms with van der Waals surface area (Å²) in [6.45, 7) is 5.08. The Morgan fingerprint density at radius 2 is 1.89 bits per heavy atom. The van der Waals surface area contributed by atoms with E-state index in [-0.39, 0.29) is 6.10 Å². The molecule has 0 bridgehead atoms. The molecule has 1 unspecified atom stereocenters. The van der Waals surface area contributed by atoms with E-state index in [1.165, 1.54) is 18.4 Å². The van der Waals surface area contributed by atoms with E-state index >= 15 is 0 Å². The molecule has 2 rings (SSSR count). The molecule has 0 radical (unpaired) electrons. The maximum Gasteiger partial charge on any atom is 0.119 e. The van der Waals surface area contributed by atoms with Gasteiger partial charge in [-0.05, 0) is 51.4 Å². The summed E-state index contributed by atoms with van der Waals surface area (Å²) in [6.07, 6.45) is 2.89. The normalized spacial score (nSPS) is 16.9. The molecule has 18 heavy (non-hydrogen) atoms. The summed E-state index contributed by atoms with van der Waals surface area (Å²) >= 11 is 0. The van der Waals surface area contributed by atoms with Gasteiger partial charge in [0.2, 0.25) is 0 Å². The van der Waals surface area contributed by atoms with Crippen LogP contribution in [-0.4, -0.2) is 25.7 Å². The number of ether oxygens (including phenoxy) is 1. The predicted octanol–water partition coefficient (Wildman–Crippen LogP) is 2.49.